The summed E-state index contributed by atoms with van der Waals surface area (Å²) < 4.78 is 58.7. The number of aryl methyl sites for hydroxylation is 1. The van der Waals surface area contributed by atoms with E-state index in [1.54, 1.807) is 40.2 Å². The third-order valence-electron chi connectivity index (χ3n) is 6.01. The van der Waals surface area contributed by atoms with E-state index in [-0.39, 0.29) is 16.5 Å². The number of nitrogens with one attached hydrogen (secondary N) is 1. The zero-order valence-corrected chi connectivity index (χ0v) is 18.7. The summed E-state index contributed by atoms with van der Waals surface area (Å²) in [5.41, 5.74) is -2.14. The number of para-hydroxylation sites is 1. The third-order valence-corrected chi connectivity index (χ3v) is 6.01. The van der Waals surface area contributed by atoms with Crippen LogP contribution in [0.3, 0.4) is 0 Å². The molecule has 1 heterocycles. The van der Waals surface area contributed by atoms with Crippen LogP contribution in [0.1, 0.15) is 23.1 Å². The van der Waals surface area contributed by atoms with E-state index in [1.807, 2.05) is 0 Å². The average molecular weight is 483 g/mol. The predicted octanol–water partition coefficient (Wildman–Crippen LogP) is 5.68. The van der Waals surface area contributed by atoms with Crippen molar-refractivity contribution in [2.75, 3.05) is 0 Å². The number of nitrogens with zero attached hydrogens (tertiary/aromatic N) is 1. The molecule has 1 unspecified atom stereocenters. The average Bonchev–Trinajstić information content (AvgIpc) is 3.22. The zero-order valence-electron chi connectivity index (χ0n) is 18.7. The highest BCUT2D eigenvalue weighted by Crippen LogP contribution is 2.47. The number of aliphatic hydroxyl groups is 1. The molecule has 0 aliphatic heterocycles. The van der Waals surface area contributed by atoms with Gasteiger partial charge in [0.15, 0.2) is 0 Å². The molecule has 8 heteroatoms. The minimum Gasteiger partial charge on any atom is -0.372 e. The van der Waals surface area contributed by atoms with Gasteiger partial charge >= 0.3 is 6.18 Å². The number of hydrogen-bond donors (Lipinski definition) is 3. The number of rotatable bonds is 8. The summed E-state index contributed by atoms with van der Waals surface area (Å²) in [6.07, 6.45) is -0.541. The van der Waals surface area contributed by atoms with Gasteiger partial charge in [-0.15, -0.1) is 6.58 Å². The molecule has 1 atom stereocenters. The standard InChI is InChI=1S/C27H23F4N3O/c1-2-3-14-34-17-23(22-6-4-5-7-25(22)34)26(35,27(29,30)31)19-8-13-24(18(15-19)16-32)33-21-11-9-20(28)10-12-21/h2,4-13,15-17,32-33,35H,1,3,14H2/p+1. The monoisotopic (exact) mass is 482 g/mol. The second-order valence-electron chi connectivity index (χ2n) is 8.22. The molecule has 0 aliphatic carbocycles. The SMILES string of the molecule is C=CCCn1cc(C(O)(c2ccc([NH2+]c3ccc(F)cc3)c(C=N)c2)C(F)(F)F)c2ccccc21. The van der Waals surface area contributed by atoms with Crippen molar-refractivity contribution in [1.29, 1.82) is 5.41 Å². The van der Waals surface area contributed by atoms with Gasteiger partial charge in [-0.1, -0.05) is 24.3 Å². The number of alkyl halides is 3. The van der Waals surface area contributed by atoms with E-state index in [2.05, 4.69) is 6.58 Å². The summed E-state index contributed by atoms with van der Waals surface area (Å²) in [5.74, 6) is -0.410. The molecule has 35 heavy (non-hydrogen) atoms. The smallest absolute Gasteiger partial charge is 0.372 e. The molecule has 0 bridgehead atoms. The molecule has 4 nitrogen and oxygen atoms in total. The molecule has 0 saturated heterocycles. The van der Waals surface area contributed by atoms with Gasteiger partial charge in [-0.25, -0.2) is 4.39 Å². The number of nitrogens with two attached hydrogens (primary N) is 1. The Morgan fingerprint density at radius 3 is 2.40 bits per heavy atom. The van der Waals surface area contributed by atoms with Crippen LogP contribution in [0.4, 0.5) is 28.9 Å². The fraction of sp³-hybridized carbons (Fsp3) is 0.148. The second-order valence-corrected chi connectivity index (χ2v) is 8.22. The number of fused-ring (bicyclic) bond motifs is 1. The normalized spacial score (nSPS) is 13.5. The summed E-state index contributed by atoms with van der Waals surface area (Å²) >= 11 is 0. The lowest BCUT2D eigenvalue weighted by Crippen LogP contribution is -2.71. The Bertz CT molecular complexity index is 1380. The summed E-state index contributed by atoms with van der Waals surface area (Å²) in [5, 5.41) is 21.1. The van der Waals surface area contributed by atoms with E-state index in [0.717, 1.165) is 6.21 Å². The van der Waals surface area contributed by atoms with E-state index in [9.17, 15) is 22.7 Å². The van der Waals surface area contributed by atoms with Crippen LogP contribution in [-0.4, -0.2) is 22.1 Å². The number of benzene rings is 3. The summed E-state index contributed by atoms with van der Waals surface area (Å²) in [4.78, 5) is 0. The van der Waals surface area contributed by atoms with Gasteiger partial charge in [-0.05, 0) is 42.3 Å². The lowest BCUT2D eigenvalue weighted by atomic mass is 9.84. The zero-order chi connectivity index (χ0) is 25.2. The van der Waals surface area contributed by atoms with Crippen molar-refractivity contribution in [3.63, 3.8) is 0 Å². The largest absolute Gasteiger partial charge is 0.425 e. The first-order valence-electron chi connectivity index (χ1n) is 10.9. The quantitative estimate of drug-likeness (QED) is 0.129. The van der Waals surface area contributed by atoms with Gasteiger partial charge in [0.05, 0.1) is 5.56 Å². The highest BCUT2D eigenvalue weighted by molar-refractivity contribution is 5.87. The number of aromatic nitrogens is 1. The summed E-state index contributed by atoms with van der Waals surface area (Å²) in [6, 6.07) is 16.0. The third kappa shape index (κ3) is 4.50. The Morgan fingerprint density at radius 1 is 1.03 bits per heavy atom. The van der Waals surface area contributed by atoms with Gasteiger partial charge in [0, 0.05) is 53.6 Å². The molecule has 0 fully saturated rings. The molecule has 0 saturated carbocycles. The van der Waals surface area contributed by atoms with Gasteiger partial charge in [-0.3, -0.25) is 5.32 Å². The molecule has 1 aromatic heterocycles. The van der Waals surface area contributed by atoms with E-state index in [4.69, 9.17) is 5.41 Å². The van der Waals surface area contributed by atoms with Crippen LogP contribution < -0.4 is 5.32 Å². The van der Waals surface area contributed by atoms with E-state index < -0.39 is 23.2 Å². The maximum Gasteiger partial charge on any atom is 0.425 e. The first-order valence-corrected chi connectivity index (χ1v) is 10.9. The minimum absolute atomic E-state index is 0.185. The second kappa shape index (κ2) is 9.48. The molecule has 4 rings (SSSR count). The van der Waals surface area contributed by atoms with Crippen molar-refractivity contribution < 1.29 is 28.0 Å². The Balaban J connectivity index is 1.86. The summed E-state index contributed by atoms with van der Waals surface area (Å²) in [7, 11) is 0. The van der Waals surface area contributed by atoms with Crippen LogP contribution in [0, 0.1) is 11.2 Å². The Hall–Kier alpha value is -3.75. The van der Waals surface area contributed by atoms with Crippen LogP contribution in [0.5, 0.6) is 0 Å². The molecule has 4 aromatic rings. The van der Waals surface area contributed by atoms with Crippen molar-refractivity contribution in [3.05, 3.63) is 108 Å². The van der Waals surface area contributed by atoms with Gasteiger partial charge in [0.1, 0.15) is 17.2 Å². The molecule has 180 valence electrons. The first kappa shape index (κ1) is 24.4. The molecule has 3 aromatic carbocycles. The molecule has 0 radical (unpaired) electrons. The fourth-order valence-corrected chi connectivity index (χ4v) is 4.22. The van der Waals surface area contributed by atoms with Gasteiger partial charge in [-0.2, -0.15) is 13.2 Å². The first-order chi connectivity index (χ1) is 16.7. The van der Waals surface area contributed by atoms with Gasteiger partial charge < -0.3 is 15.1 Å². The van der Waals surface area contributed by atoms with Crippen molar-refractivity contribution in [2.45, 2.75) is 24.7 Å². The number of quaternary nitrogens is 1. The van der Waals surface area contributed by atoms with Gasteiger partial charge in [0.2, 0.25) is 5.60 Å². The lowest BCUT2D eigenvalue weighted by molar-refractivity contribution is -0.478. The highest BCUT2D eigenvalue weighted by atomic mass is 19.4. The van der Waals surface area contributed by atoms with Crippen molar-refractivity contribution >= 4 is 28.5 Å². The Morgan fingerprint density at radius 2 is 1.74 bits per heavy atom. The number of halogens is 4. The molecule has 4 N–H and O–H groups in total. The van der Waals surface area contributed by atoms with E-state index in [0.29, 0.717) is 29.9 Å². The molecular weight excluding hydrogens is 458 g/mol. The minimum atomic E-state index is -5.04. The topological polar surface area (TPSA) is 65.6 Å². The predicted molar refractivity (Wildman–Crippen MR) is 128 cm³/mol. The maximum atomic E-state index is 14.6. The molecule has 0 spiro atoms. The Kier molecular flexibility index (Phi) is 6.60. The number of allylic oxidation sites excluding steroid dienone is 1. The molecule has 0 aliphatic rings. The summed E-state index contributed by atoms with van der Waals surface area (Å²) in [6.45, 7) is 4.09. The molecule has 0 amide bonds. The van der Waals surface area contributed by atoms with Crippen molar-refractivity contribution in [1.82, 2.24) is 4.57 Å². The van der Waals surface area contributed by atoms with E-state index in [1.165, 1.54) is 48.7 Å². The number of hydrogen-bond acceptors (Lipinski definition) is 2. The fourth-order valence-electron chi connectivity index (χ4n) is 4.22. The highest BCUT2D eigenvalue weighted by Gasteiger charge is 2.57. The van der Waals surface area contributed by atoms with Gasteiger partial charge in [0.25, 0.3) is 0 Å². The maximum absolute atomic E-state index is 14.6. The van der Waals surface area contributed by atoms with E-state index >= 15 is 0 Å². The Labute approximate surface area is 199 Å². The lowest BCUT2D eigenvalue weighted by Gasteiger charge is -2.31. The van der Waals surface area contributed by atoms with Crippen LogP contribution in [0.2, 0.25) is 0 Å². The molecular formula is C27H24F4N3O+. The van der Waals surface area contributed by atoms with Crippen molar-refractivity contribution in [3.8, 4) is 0 Å². The van der Waals surface area contributed by atoms with Crippen LogP contribution in [0.15, 0.2) is 85.6 Å². The van der Waals surface area contributed by atoms with Crippen LogP contribution in [0.25, 0.3) is 10.9 Å². The van der Waals surface area contributed by atoms with Crippen molar-refractivity contribution in [2.24, 2.45) is 0 Å². The van der Waals surface area contributed by atoms with Crippen LogP contribution in [-0.2, 0) is 12.1 Å². The van der Waals surface area contributed by atoms with Crippen LogP contribution >= 0.6 is 0 Å².